The third kappa shape index (κ3) is 3.51. The van der Waals surface area contributed by atoms with Crippen LogP contribution in [0.25, 0.3) is 0 Å². The van der Waals surface area contributed by atoms with Crippen LogP contribution in [0.5, 0.6) is 5.75 Å². The fraction of sp³-hybridized carbons (Fsp3) is 0.333. The maximum absolute atomic E-state index is 12.0. The van der Waals surface area contributed by atoms with Crippen molar-refractivity contribution >= 4 is 17.3 Å². The molecule has 84 valence electrons. The van der Waals surface area contributed by atoms with Crippen LogP contribution in [0.15, 0.2) is 18.2 Å². The predicted molar refractivity (Wildman–Crippen MR) is 52.5 cm³/mol. The number of nitrogens with zero attached hydrogens (tertiary/aromatic N) is 1. The summed E-state index contributed by atoms with van der Waals surface area (Å²) in [4.78, 5) is 1.51. The zero-order valence-electron chi connectivity index (χ0n) is 8.10. The molecule has 0 radical (unpaired) electrons. The standard InChI is InChI=1S/C9H9ClF3NO/c1-14(2)7-4-3-6(10)5-8(7)15-9(11,12)13/h3-5H,1-2H3. The molecule has 0 aliphatic heterocycles. The van der Waals surface area contributed by atoms with Gasteiger partial charge in [-0.1, -0.05) is 11.6 Å². The number of ether oxygens (including phenoxy) is 1. The van der Waals surface area contributed by atoms with Gasteiger partial charge in [-0.05, 0) is 12.1 Å². The van der Waals surface area contributed by atoms with Gasteiger partial charge < -0.3 is 9.64 Å². The number of hydrogen-bond acceptors (Lipinski definition) is 2. The predicted octanol–water partition coefficient (Wildman–Crippen LogP) is 3.30. The molecule has 0 N–H and O–H groups in total. The molecule has 0 unspecified atom stereocenters. The molecule has 0 atom stereocenters. The summed E-state index contributed by atoms with van der Waals surface area (Å²) in [5.41, 5.74) is 0.316. The molecular weight excluding hydrogens is 231 g/mol. The van der Waals surface area contributed by atoms with Crippen molar-refractivity contribution in [2.45, 2.75) is 6.36 Å². The van der Waals surface area contributed by atoms with E-state index < -0.39 is 6.36 Å². The molecule has 0 saturated carbocycles. The van der Waals surface area contributed by atoms with Gasteiger partial charge in [-0.15, -0.1) is 13.2 Å². The van der Waals surface area contributed by atoms with E-state index in [1.54, 1.807) is 14.1 Å². The smallest absolute Gasteiger partial charge is 0.404 e. The molecule has 0 saturated heterocycles. The second kappa shape index (κ2) is 4.18. The van der Waals surface area contributed by atoms with Crippen LogP contribution in [-0.2, 0) is 0 Å². The van der Waals surface area contributed by atoms with Gasteiger partial charge in [0.25, 0.3) is 0 Å². The SMILES string of the molecule is CN(C)c1ccc(Cl)cc1OC(F)(F)F. The average Bonchev–Trinajstić information content (AvgIpc) is 1.99. The van der Waals surface area contributed by atoms with Crippen molar-refractivity contribution in [3.05, 3.63) is 23.2 Å². The normalized spacial score (nSPS) is 11.3. The molecule has 0 spiro atoms. The van der Waals surface area contributed by atoms with E-state index in [0.717, 1.165) is 6.07 Å². The van der Waals surface area contributed by atoms with E-state index in [2.05, 4.69) is 4.74 Å². The van der Waals surface area contributed by atoms with Crippen LogP contribution in [-0.4, -0.2) is 20.5 Å². The van der Waals surface area contributed by atoms with Crippen LogP contribution in [0.1, 0.15) is 0 Å². The number of hydrogen-bond donors (Lipinski definition) is 0. The minimum atomic E-state index is -4.71. The molecule has 0 aromatic heterocycles. The summed E-state index contributed by atoms with van der Waals surface area (Å²) in [7, 11) is 3.24. The van der Waals surface area contributed by atoms with Gasteiger partial charge in [0.1, 0.15) is 0 Å². The third-order valence-corrected chi connectivity index (χ3v) is 1.86. The van der Waals surface area contributed by atoms with Crippen molar-refractivity contribution in [3.63, 3.8) is 0 Å². The summed E-state index contributed by atoms with van der Waals surface area (Å²) in [5.74, 6) is -0.306. The van der Waals surface area contributed by atoms with Gasteiger partial charge in [0, 0.05) is 25.2 Å². The van der Waals surface area contributed by atoms with Gasteiger partial charge in [-0.3, -0.25) is 0 Å². The first-order chi connectivity index (χ1) is 6.79. The maximum atomic E-state index is 12.0. The quantitative estimate of drug-likeness (QED) is 0.785. The first-order valence-corrected chi connectivity index (χ1v) is 4.40. The first kappa shape index (κ1) is 12.0. The highest BCUT2D eigenvalue weighted by Gasteiger charge is 2.32. The number of alkyl halides is 3. The van der Waals surface area contributed by atoms with Crippen molar-refractivity contribution in [1.29, 1.82) is 0 Å². The molecule has 15 heavy (non-hydrogen) atoms. The fourth-order valence-corrected chi connectivity index (χ4v) is 1.23. The molecule has 0 heterocycles. The topological polar surface area (TPSA) is 12.5 Å². The highest BCUT2D eigenvalue weighted by Crippen LogP contribution is 2.34. The van der Waals surface area contributed by atoms with Crippen LogP contribution >= 0.6 is 11.6 Å². The lowest BCUT2D eigenvalue weighted by Gasteiger charge is -2.18. The van der Waals surface area contributed by atoms with Crippen LogP contribution in [0.4, 0.5) is 18.9 Å². The van der Waals surface area contributed by atoms with Crippen molar-refractivity contribution in [2.24, 2.45) is 0 Å². The van der Waals surface area contributed by atoms with Gasteiger partial charge in [0.2, 0.25) is 0 Å². The molecular formula is C9H9ClF3NO. The maximum Gasteiger partial charge on any atom is 0.573 e. The molecule has 2 nitrogen and oxygen atoms in total. The third-order valence-electron chi connectivity index (χ3n) is 1.63. The highest BCUT2D eigenvalue weighted by atomic mass is 35.5. The summed E-state index contributed by atoms with van der Waals surface area (Å²) in [6.07, 6.45) is -4.71. The van der Waals surface area contributed by atoms with Gasteiger partial charge in [0.15, 0.2) is 5.75 Å². The fourth-order valence-electron chi connectivity index (χ4n) is 1.06. The molecule has 0 amide bonds. The Morgan fingerprint density at radius 2 is 1.87 bits per heavy atom. The number of benzene rings is 1. The van der Waals surface area contributed by atoms with Crippen LogP contribution < -0.4 is 9.64 Å². The van der Waals surface area contributed by atoms with E-state index in [1.165, 1.54) is 17.0 Å². The molecule has 0 aliphatic rings. The van der Waals surface area contributed by atoms with Crippen molar-refractivity contribution in [1.82, 2.24) is 0 Å². The summed E-state index contributed by atoms with van der Waals surface area (Å²) >= 11 is 5.58. The van der Waals surface area contributed by atoms with E-state index in [-0.39, 0.29) is 10.8 Å². The molecule has 1 aromatic carbocycles. The zero-order chi connectivity index (χ0) is 11.6. The van der Waals surface area contributed by atoms with E-state index in [1.807, 2.05) is 0 Å². The largest absolute Gasteiger partial charge is 0.573 e. The Morgan fingerprint density at radius 1 is 1.27 bits per heavy atom. The van der Waals surface area contributed by atoms with Gasteiger partial charge in [-0.2, -0.15) is 0 Å². The molecule has 1 aromatic rings. The number of halogens is 4. The van der Waals surface area contributed by atoms with Gasteiger partial charge >= 0.3 is 6.36 Å². The Bertz CT molecular complexity index is 352. The number of anilines is 1. The monoisotopic (exact) mass is 239 g/mol. The van der Waals surface area contributed by atoms with Crippen LogP contribution in [0, 0.1) is 0 Å². The lowest BCUT2D eigenvalue weighted by molar-refractivity contribution is -0.274. The van der Waals surface area contributed by atoms with Gasteiger partial charge in [-0.25, -0.2) is 0 Å². The summed E-state index contributed by atoms with van der Waals surface area (Å²) in [6, 6.07) is 4.09. The minimum Gasteiger partial charge on any atom is -0.404 e. The summed E-state index contributed by atoms with van der Waals surface area (Å²) in [6.45, 7) is 0. The Labute approximate surface area is 90.2 Å². The van der Waals surface area contributed by atoms with Crippen LogP contribution in [0.2, 0.25) is 5.02 Å². The number of rotatable bonds is 2. The lowest BCUT2D eigenvalue weighted by atomic mass is 10.3. The Morgan fingerprint density at radius 3 is 2.33 bits per heavy atom. The second-order valence-corrected chi connectivity index (χ2v) is 3.49. The molecule has 6 heteroatoms. The summed E-state index contributed by atoms with van der Waals surface area (Å²) in [5, 5.41) is 0.194. The zero-order valence-corrected chi connectivity index (χ0v) is 8.86. The Kier molecular flexibility index (Phi) is 3.34. The first-order valence-electron chi connectivity index (χ1n) is 4.02. The minimum absolute atomic E-state index is 0.194. The molecule has 0 aliphatic carbocycles. The van der Waals surface area contributed by atoms with E-state index in [9.17, 15) is 13.2 Å². The summed E-state index contributed by atoms with van der Waals surface area (Å²) < 4.78 is 39.9. The van der Waals surface area contributed by atoms with E-state index in [4.69, 9.17) is 11.6 Å². The van der Waals surface area contributed by atoms with Gasteiger partial charge in [0.05, 0.1) is 5.69 Å². The average molecular weight is 240 g/mol. The molecule has 1 rings (SSSR count). The molecule has 0 bridgehead atoms. The molecule has 0 fully saturated rings. The van der Waals surface area contributed by atoms with Crippen LogP contribution in [0.3, 0.4) is 0 Å². The Balaban J connectivity index is 3.08. The van der Waals surface area contributed by atoms with Crippen molar-refractivity contribution in [3.8, 4) is 5.75 Å². The lowest BCUT2D eigenvalue weighted by Crippen LogP contribution is -2.19. The van der Waals surface area contributed by atoms with E-state index in [0.29, 0.717) is 5.69 Å². The van der Waals surface area contributed by atoms with Crippen molar-refractivity contribution < 1.29 is 17.9 Å². The highest BCUT2D eigenvalue weighted by molar-refractivity contribution is 6.30. The second-order valence-electron chi connectivity index (χ2n) is 3.05. The van der Waals surface area contributed by atoms with Crippen molar-refractivity contribution in [2.75, 3.05) is 19.0 Å². The van der Waals surface area contributed by atoms with E-state index >= 15 is 0 Å². The Hall–Kier alpha value is -1.10.